The van der Waals surface area contributed by atoms with Crippen molar-refractivity contribution in [3.8, 4) is 0 Å². The van der Waals surface area contributed by atoms with Gasteiger partial charge < -0.3 is 72.4 Å². The van der Waals surface area contributed by atoms with Crippen molar-refractivity contribution in [1.29, 1.82) is 0 Å². The molecule has 20 nitrogen and oxygen atoms in total. The average Bonchev–Trinajstić information content (AvgIpc) is 1.73. The van der Waals surface area contributed by atoms with E-state index in [4.69, 9.17) is 56.8 Å². The molecule has 0 radical (unpaired) electrons. The lowest BCUT2D eigenvalue weighted by atomic mass is 9.95. The molecule has 464 valence electrons. The van der Waals surface area contributed by atoms with Gasteiger partial charge in [0.25, 0.3) is 0 Å². The lowest BCUT2D eigenvalue weighted by Crippen LogP contribution is -2.68. The molecule has 0 aromatic heterocycles. The molecule has 0 unspecified atom stereocenters. The Morgan fingerprint density at radius 1 is 0.404 bits per heavy atom. The topological polar surface area (TPSA) is 249 Å². The van der Waals surface area contributed by atoms with Gasteiger partial charge in [-0.3, -0.25) is 4.79 Å². The largest absolute Gasteiger partial charge is 0.459 e. The van der Waals surface area contributed by atoms with Crippen molar-refractivity contribution in [1.82, 2.24) is 5.32 Å². The zero-order chi connectivity index (χ0) is 62.1. The monoisotopic (exact) mass is 1220 g/mol. The fourth-order valence-corrected chi connectivity index (χ4v) is 10.6. The molecule has 0 saturated carbocycles. The molecule has 3 heterocycles. The standard InChI is InChI=1S/C69H69NO19/c1-43-56(78-38-45-24-10-3-11-25-45)59(79-39-46-26-12-4-13-27-46)61(80-40-47-28-14-5-15-29-47)69(83-43)89-58-54(70-44(2)71)67(77)84-52(55(58)72)41-82-68-62(88-66(76)51-36-22-9-23-37-51)60(87-65(75)50-34-20-8-21-35-50)57(86-64(74)49-32-18-7-19-33-49)53(85-68)42-81-63(73)48-30-16-6-17-31-48/h3-37,43,52-62,67-69,72,77H,38-42H2,1-2H3,(H,70,71)/t43-,52+,53+,54+,55+,56+,57-,58+,59+,60-,61-,62+,67-,68+,69-/m0/s1. The van der Waals surface area contributed by atoms with Gasteiger partial charge >= 0.3 is 23.9 Å². The summed E-state index contributed by atoms with van der Waals surface area (Å²) >= 11 is 0. The van der Waals surface area contributed by atoms with Gasteiger partial charge in [0.2, 0.25) is 5.91 Å². The van der Waals surface area contributed by atoms with E-state index in [9.17, 15) is 34.2 Å². The van der Waals surface area contributed by atoms with Gasteiger partial charge in [-0.15, -0.1) is 0 Å². The molecule has 0 spiro atoms. The van der Waals surface area contributed by atoms with Crippen LogP contribution in [0.1, 0.15) is 72.0 Å². The SMILES string of the molecule is CC(=O)N[C@@H]1[C@@H](O[C@@H]2O[C@@H](C)[C@@H](OCc3ccccc3)[C@@H](OCc3ccccc3)[C@@H]2OCc2ccccc2)[C@H](O)[C@@H](CO[C@@H]2O[C@H](COC(=O)c3ccccc3)[C@H](OC(=O)c3ccccc3)[C@H](OC(=O)c3ccccc3)[C@H]2OC(=O)c2ccccc2)O[C@@H]1O. The number of amides is 1. The highest BCUT2D eigenvalue weighted by Crippen LogP contribution is 2.36. The van der Waals surface area contributed by atoms with E-state index in [1.165, 1.54) is 55.5 Å². The Hall–Kier alpha value is -8.51. The second-order valence-electron chi connectivity index (χ2n) is 21.4. The van der Waals surface area contributed by atoms with Gasteiger partial charge in [-0.2, -0.15) is 0 Å². The van der Waals surface area contributed by atoms with E-state index in [-0.39, 0.29) is 42.1 Å². The minimum atomic E-state index is -1.90. The maximum atomic E-state index is 14.3. The van der Waals surface area contributed by atoms with Crippen molar-refractivity contribution >= 4 is 29.8 Å². The van der Waals surface area contributed by atoms with Gasteiger partial charge in [0.1, 0.15) is 55.4 Å². The molecule has 20 heteroatoms. The van der Waals surface area contributed by atoms with Crippen LogP contribution in [0.5, 0.6) is 0 Å². The minimum Gasteiger partial charge on any atom is -0.459 e. The molecule has 0 aliphatic carbocycles. The summed E-state index contributed by atoms with van der Waals surface area (Å²) in [4.78, 5) is 69.5. The van der Waals surface area contributed by atoms with Crippen LogP contribution in [0.2, 0.25) is 0 Å². The van der Waals surface area contributed by atoms with Crippen LogP contribution in [0.3, 0.4) is 0 Å². The maximum Gasteiger partial charge on any atom is 0.338 e. The Labute approximate surface area is 514 Å². The first-order valence-corrected chi connectivity index (χ1v) is 29.2. The zero-order valence-electron chi connectivity index (χ0n) is 48.7. The fourth-order valence-electron chi connectivity index (χ4n) is 10.6. The van der Waals surface area contributed by atoms with Crippen molar-refractivity contribution in [3.63, 3.8) is 0 Å². The summed E-state index contributed by atoms with van der Waals surface area (Å²) in [6.45, 7) is 1.98. The molecule has 3 fully saturated rings. The van der Waals surface area contributed by atoms with Gasteiger partial charge in [-0.25, -0.2) is 19.2 Å². The van der Waals surface area contributed by atoms with E-state index in [2.05, 4.69) is 5.32 Å². The summed E-state index contributed by atoms with van der Waals surface area (Å²) in [5.41, 5.74) is 2.92. The van der Waals surface area contributed by atoms with Crippen molar-refractivity contribution in [2.24, 2.45) is 0 Å². The molecule has 10 rings (SSSR count). The molecule has 0 bridgehead atoms. The third-order valence-electron chi connectivity index (χ3n) is 15.1. The van der Waals surface area contributed by atoms with Crippen LogP contribution in [-0.2, 0) is 81.5 Å². The Morgan fingerprint density at radius 3 is 1.27 bits per heavy atom. The quantitative estimate of drug-likeness (QED) is 0.0387. The van der Waals surface area contributed by atoms with Crippen molar-refractivity contribution in [3.05, 3.63) is 251 Å². The number of aliphatic hydroxyl groups is 2. The average molecular weight is 1220 g/mol. The van der Waals surface area contributed by atoms with Gasteiger partial charge in [0.15, 0.2) is 37.2 Å². The molecule has 3 N–H and O–H groups in total. The number of esters is 4. The lowest BCUT2D eigenvalue weighted by molar-refractivity contribution is -0.356. The Bertz CT molecular complexity index is 3360. The molecule has 3 saturated heterocycles. The summed E-state index contributed by atoms with van der Waals surface area (Å²) in [6, 6.07) is 58.7. The Balaban J connectivity index is 0.986. The Kier molecular flexibility index (Phi) is 22.2. The zero-order valence-corrected chi connectivity index (χ0v) is 48.7. The Morgan fingerprint density at radius 2 is 0.809 bits per heavy atom. The van der Waals surface area contributed by atoms with E-state index < -0.39 is 135 Å². The number of aliphatic hydroxyl groups excluding tert-OH is 2. The lowest BCUT2D eigenvalue weighted by Gasteiger charge is -2.49. The first kappa shape index (κ1) is 63.5. The number of hydrogen-bond acceptors (Lipinski definition) is 19. The number of carbonyl (C=O) groups is 5. The predicted molar refractivity (Wildman–Crippen MR) is 317 cm³/mol. The predicted octanol–water partition coefficient (Wildman–Crippen LogP) is 7.73. The van der Waals surface area contributed by atoms with Crippen LogP contribution in [0.4, 0.5) is 0 Å². The number of benzene rings is 7. The van der Waals surface area contributed by atoms with Crippen LogP contribution >= 0.6 is 0 Å². The first-order valence-electron chi connectivity index (χ1n) is 29.2. The van der Waals surface area contributed by atoms with Crippen molar-refractivity contribution in [2.45, 2.75) is 126 Å². The summed E-state index contributed by atoms with van der Waals surface area (Å²) in [6.07, 6.45) is -20.5. The highest BCUT2D eigenvalue weighted by atomic mass is 16.8. The minimum absolute atomic E-state index is 0.0437. The molecule has 3 aliphatic heterocycles. The van der Waals surface area contributed by atoms with Gasteiger partial charge in [-0.1, -0.05) is 164 Å². The number of nitrogens with one attached hydrogen (secondary N) is 1. The second-order valence-corrected chi connectivity index (χ2v) is 21.4. The number of ether oxygens (including phenoxy) is 12. The van der Waals surface area contributed by atoms with Crippen molar-refractivity contribution < 1.29 is 91.0 Å². The number of hydrogen-bond donors (Lipinski definition) is 3. The summed E-state index contributed by atoms with van der Waals surface area (Å²) in [5, 5.41) is 27.3. The van der Waals surface area contributed by atoms with E-state index in [0.717, 1.165) is 16.7 Å². The molecule has 15 atom stereocenters. The second kappa shape index (κ2) is 31.1. The molecular formula is C69H69NO19. The van der Waals surface area contributed by atoms with Crippen LogP contribution in [0.25, 0.3) is 0 Å². The molecule has 3 aliphatic rings. The highest BCUT2D eigenvalue weighted by molar-refractivity contribution is 5.91. The van der Waals surface area contributed by atoms with Crippen molar-refractivity contribution in [2.75, 3.05) is 13.2 Å². The summed E-state index contributed by atoms with van der Waals surface area (Å²) < 4.78 is 77.3. The van der Waals surface area contributed by atoms with Gasteiger partial charge in [0, 0.05) is 6.92 Å². The van der Waals surface area contributed by atoms with Crippen LogP contribution in [0.15, 0.2) is 212 Å². The third-order valence-corrected chi connectivity index (χ3v) is 15.1. The molecule has 7 aromatic rings. The first-order chi connectivity index (χ1) is 43.4. The normalized spacial score (nSPS) is 26.6. The molecule has 1 amide bonds. The molecule has 7 aromatic carbocycles. The van der Waals surface area contributed by atoms with Crippen LogP contribution in [-0.4, -0.2) is 145 Å². The van der Waals surface area contributed by atoms with Crippen LogP contribution in [0, 0.1) is 0 Å². The molecular weight excluding hydrogens is 1150 g/mol. The van der Waals surface area contributed by atoms with E-state index >= 15 is 0 Å². The van der Waals surface area contributed by atoms with E-state index in [1.807, 2.05) is 91.0 Å². The highest BCUT2D eigenvalue weighted by Gasteiger charge is 2.56. The van der Waals surface area contributed by atoms with Crippen LogP contribution < -0.4 is 5.32 Å². The number of carbonyl (C=O) groups excluding carboxylic acids is 5. The van der Waals surface area contributed by atoms with E-state index in [0.29, 0.717) is 0 Å². The summed E-state index contributed by atoms with van der Waals surface area (Å²) in [5.74, 6) is -4.21. The smallest absolute Gasteiger partial charge is 0.338 e. The van der Waals surface area contributed by atoms with Gasteiger partial charge in [-0.05, 0) is 72.1 Å². The van der Waals surface area contributed by atoms with Gasteiger partial charge in [0.05, 0.1) is 54.8 Å². The molecule has 89 heavy (non-hydrogen) atoms. The third kappa shape index (κ3) is 16.8. The number of rotatable bonds is 24. The van der Waals surface area contributed by atoms with E-state index in [1.54, 1.807) is 79.7 Å². The fraction of sp³-hybridized carbons (Fsp3) is 0.319. The maximum absolute atomic E-state index is 14.3. The summed E-state index contributed by atoms with van der Waals surface area (Å²) in [7, 11) is 0.